The van der Waals surface area contributed by atoms with Crippen LogP contribution in [0.5, 0.6) is 0 Å². The minimum Gasteiger partial charge on any atom is -0.460 e. The minimum atomic E-state index is -1.17. The smallest absolute Gasteiger partial charge is 0.306 e. The van der Waals surface area contributed by atoms with E-state index < -0.39 is 30.4 Å². The van der Waals surface area contributed by atoms with Crippen molar-refractivity contribution in [1.29, 1.82) is 0 Å². The van der Waals surface area contributed by atoms with E-state index in [1.165, 1.54) is 19.1 Å². The van der Waals surface area contributed by atoms with Crippen LogP contribution < -0.4 is 0 Å². The zero-order valence-electron chi connectivity index (χ0n) is 8.54. The molecule has 4 atom stereocenters. The molecule has 0 aromatic heterocycles. The number of ether oxygens (including phenoxy) is 1. The van der Waals surface area contributed by atoms with Crippen LogP contribution in [0.4, 0.5) is 0 Å². The predicted octanol–water partition coefficient (Wildman–Crippen LogP) is -0.649. The molecule has 1 aliphatic heterocycles. The van der Waals surface area contributed by atoms with Crippen molar-refractivity contribution in [2.24, 2.45) is 0 Å². The van der Waals surface area contributed by atoms with Crippen LogP contribution in [0, 0.1) is 0 Å². The average Bonchev–Trinajstić information content (AvgIpc) is 2.20. The van der Waals surface area contributed by atoms with Gasteiger partial charge in [-0.1, -0.05) is 12.2 Å². The number of hydrogen-bond acceptors (Lipinski definition) is 5. The summed E-state index contributed by atoms with van der Waals surface area (Å²) >= 11 is 0. The molecule has 1 heterocycles. The lowest BCUT2D eigenvalue weighted by atomic mass is 10.1. The monoisotopic (exact) mass is 216 g/mol. The molecule has 5 nitrogen and oxygen atoms in total. The molecular formula is C10H16O5. The molecule has 1 rings (SSSR count). The third-order valence-electron chi connectivity index (χ3n) is 2.32. The van der Waals surface area contributed by atoms with Crippen LogP contribution in [0.3, 0.4) is 0 Å². The predicted molar refractivity (Wildman–Crippen MR) is 51.9 cm³/mol. The van der Waals surface area contributed by atoms with E-state index in [0.29, 0.717) is 0 Å². The molecule has 0 aromatic rings. The molecule has 3 N–H and O–H groups in total. The molecule has 0 saturated carbocycles. The lowest BCUT2D eigenvalue weighted by Crippen LogP contribution is -2.38. The Morgan fingerprint density at radius 2 is 2.00 bits per heavy atom. The Morgan fingerprint density at radius 1 is 1.33 bits per heavy atom. The van der Waals surface area contributed by atoms with E-state index in [4.69, 9.17) is 4.74 Å². The van der Waals surface area contributed by atoms with Crippen molar-refractivity contribution in [2.45, 2.75) is 44.2 Å². The van der Waals surface area contributed by atoms with Gasteiger partial charge in [-0.15, -0.1) is 0 Å². The maximum atomic E-state index is 11.2. The average molecular weight is 216 g/mol. The second kappa shape index (κ2) is 5.25. The van der Waals surface area contributed by atoms with Crippen LogP contribution in [0.1, 0.15) is 19.8 Å². The summed E-state index contributed by atoms with van der Waals surface area (Å²) < 4.78 is 4.86. The molecule has 0 amide bonds. The van der Waals surface area contributed by atoms with Crippen molar-refractivity contribution >= 4 is 5.97 Å². The van der Waals surface area contributed by atoms with E-state index in [2.05, 4.69) is 0 Å². The number of hydrogen-bond donors (Lipinski definition) is 3. The van der Waals surface area contributed by atoms with Crippen LogP contribution >= 0.6 is 0 Å². The van der Waals surface area contributed by atoms with Gasteiger partial charge < -0.3 is 20.1 Å². The van der Waals surface area contributed by atoms with E-state index >= 15 is 0 Å². The SMILES string of the molecule is C[C@H]1OC(=O)CC[C@@H](O)/C=C\[C@@H](O)[C@@H]1O. The lowest BCUT2D eigenvalue weighted by Gasteiger charge is -2.23. The number of rotatable bonds is 0. The fourth-order valence-electron chi connectivity index (χ4n) is 1.33. The van der Waals surface area contributed by atoms with E-state index in [1.807, 2.05) is 0 Å². The van der Waals surface area contributed by atoms with E-state index in [9.17, 15) is 20.1 Å². The Balaban J connectivity index is 2.74. The van der Waals surface area contributed by atoms with Gasteiger partial charge in [-0.2, -0.15) is 0 Å². The molecule has 15 heavy (non-hydrogen) atoms. The van der Waals surface area contributed by atoms with Gasteiger partial charge in [-0.25, -0.2) is 0 Å². The van der Waals surface area contributed by atoms with Crippen molar-refractivity contribution in [3.05, 3.63) is 12.2 Å². The van der Waals surface area contributed by atoms with Gasteiger partial charge in [0.1, 0.15) is 18.3 Å². The van der Waals surface area contributed by atoms with E-state index in [1.54, 1.807) is 0 Å². The summed E-state index contributed by atoms with van der Waals surface area (Å²) in [5.74, 6) is -0.483. The Bertz CT molecular complexity index is 250. The van der Waals surface area contributed by atoms with Crippen molar-refractivity contribution < 1.29 is 24.9 Å². The molecule has 5 heteroatoms. The van der Waals surface area contributed by atoms with Gasteiger partial charge in [0.05, 0.1) is 6.10 Å². The molecule has 0 radical (unpaired) electrons. The molecule has 0 unspecified atom stereocenters. The fourth-order valence-corrected chi connectivity index (χ4v) is 1.33. The van der Waals surface area contributed by atoms with Gasteiger partial charge in [0.25, 0.3) is 0 Å². The Labute approximate surface area is 88.0 Å². The number of esters is 1. The maximum Gasteiger partial charge on any atom is 0.306 e. The summed E-state index contributed by atoms with van der Waals surface area (Å²) in [7, 11) is 0. The first-order valence-electron chi connectivity index (χ1n) is 4.92. The van der Waals surface area contributed by atoms with Gasteiger partial charge in [-0.05, 0) is 13.3 Å². The van der Waals surface area contributed by atoms with Crippen molar-refractivity contribution in [3.63, 3.8) is 0 Å². The topological polar surface area (TPSA) is 87.0 Å². The summed E-state index contributed by atoms with van der Waals surface area (Å²) in [6.07, 6.45) is -0.829. The summed E-state index contributed by atoms with van der Waals surface area (Å²) in [5, 5.41) is 28.3. The van der Waals surface area contributed by atoms with Gasteiger partial charge in [-0.3, -0.25) is 4.79 Å². The Hall–Kier alpha value is -0.910. The molecule has 0 aliphatic carbocycles. The third-order valence-corrected chi connectivity index (χ3v) is 2.32. The van der Waals surface area contributed by atoms with Crippen molar-refractivity contribution in [3.8, 4) is 0 Å². The molecular weight excluding hydrogens is 200 g/mol. The highest BCUT2D eigenvalue weighted by molar-refractivity contribution is 5.69. The molecule has 0 fully saturated rings. The van der Waals surface area contributed by atoms with Gasteiger partial charge >= 0.3 is 5.97 Å². The maximum absolute atomic E-state index is 11.2. The van der Waals surface area contributed by atoms with Crippen molar-refractivity contribution in [1.82, 2.24) is 0 Å². The van der Waals surface area contributed by atoms with Gasteiger partial charge in [0.2, 0.25) is 0 Å². The number of carbonyl (C=O) groups is 1. The lowest BCUT2D eigenvalue weighted by molar-refractivity contribution is -0.157. The highest BCUT2D eigenvalue weighted by Gasteiger charge is 2.25. The molecule has 86 valence electrons. The van der Waals surface area contributed by atoms with Crippen LogP contribution in [-0.2, 0) is 9.53 Å². The second-order valence-electron chi connectivity index (χ2n) is 3.67. The highest BCUT2D eigenvalue weighted by Crippen LogP contribution is 2.11. The van der Waals surface area contributed by atoms with Crippen LogP contribution in [0.25, 0.3) is 0 Å². The summed E-state index contributed by atoms with van der Waals surface area (Å²) in [4.78, 5) is 11.2. The number of aliphatic hydroxyl groups is 3. The van der Waals surface area contributed by atoms with Crippen LogP contribution in [0.15, 0.2) is 12.2 Å². The summed E-state index contributed by atoms with van der Waals surface area (Å²) in [6.45, 7) is 1.51. The van der Waals surface area contributed by atoms with Gasteiger partial charge in [0.15, 0.2) is 0 Å². The molecule has 0 spiro atoms. The molecule has 0 saturated heterocycles. The molecule has 0 bridgehead atoms. The van der Waals surface area contributed by atoms with E-state index in [-0.39, 0.29) is 12.8 Å². The second-order valence-corrected chi connectivity index (χ2v) is 3.67. The van der Waals surface area contributed by atoms with E-state index in [0.717, 1.165) is 0 Å². The Morgan fingerprint density at radius 3 is 2.67 bits per heavy atom. The summed E-state index contributed by atoms with van der Waals surface area (Å²) in [5.41, 5.74) is 0. The summed E-state index contributed by atoms with van der Waals surface area (Å²) in [6, 6.07) is 0. The van der Waals surface area contributed by atoms with Gasteiger partial charge in [0, 0.05) is 6.42 Å². The minimum absolute atomic E-state index is 0.0959. The zero-order valence-corrected chi connectivity index (χ0v) is 8.54. The standard InChI is InChI=1S/C10H16O5/c1-6-10(14)8(12)4-2-7(11)3-5-9(13)15-6/h2,4,6-8,10-12,14H,3,5H2,1H3/b4-2-/t6-,7+,8-,10-/m1/s1. The zero-order chi connectivity index (χ0) is 11.4. The van der Waals surface area contributed by atoms with Crippen LogP contribution in [-0.4, -0.2) is 45.7 Å². The highest BCUT2D eigenvalue weighted by atomic mass is 16.6. The first kappa shape index (κ1) is 12.2. The molecule has 0 aromatic carbocycles. The van der Waals surface area contributed by atoms with Crippen molar-refractivity contribution in [2.75, 3.05) is 0 Å². The third kappa shape index (κ3) is 3.62. The first-order chi connectivity index (χ1) is 7.00. The first-order valence-corrected chi connectivity index (χ1v) is 4.92. The molecule has 1 aliphatic rings. The van der Waals surface area contributed by atoms with Crippen LogP contribution in [0.2, 0.25) is 0 Å². The normalized spacial score (nSPS) is 40.7. The quantitative estimate of drug-likeness (QED) is 0.370. The number of cyclic esters (lactones) is 1. The number of aliphatic hydroxyl groups excluding tert-OH is 3. The Kier molecular flexibility index (Phi) is 4.26. The fraction of sp³-hybridized carbons (Fsp3) is 0.700. The largest absolute Gasteiger partial charge is 0.460 e. The number of carbonyl (C=O) groups excluding carboxylic acids is 1.